The Morgan fingerprint density at radius 2 is 1.60 bits per heavy atom. The van der Waals surface area contributed by atoms with Gasteiger partial charge in [-0.1, -0.05) is 18.2 Å². The highest BCUT2D eigenvalue weighted by molar-refractivity contribution is 7.92. The second-order valence-corrected chi connectivity index (χ2v) is 14.1. The molecule has 0 heterocycles. The molecule has 0 saturated heterocycles. The van der Waals surface area contributed by atoms with Crippen LogP contribution in [0, 0.1) is 17.7 Å². The van der Waals surface area contributed by atoms with Gasteiger partial charge in [0.2, 0.25) is 5.67 Å². The molecular formula is C24H25F5O4S2. The molecule has 0 radical (unpaired) electrons. The molecule has 0 aromatic heterocycles. The molecule has 0 amide bonds. The number of halogens is 5. The molecule has 4 nitrogen and oxygen atoms in total. The van der Waals surface area contributed by atoms with Gasteiger partial charge < -0.3 is 0 Å². The van der Waals surface area contributed by atoms with Crippen molar-refractivity contribution in [2.45, 2.75) is 54.1 Å². The maximum absolute atomic E-state index is 14.7. The molecule has 192 valence electrons. The fourth-order valence-corrected chi connectivity index (χ4v) is 9.52. The number of rotatable bonds is 5. The fraction of sp³-hybridized carbons (Fsp3) is 0.500. The van der Waals surface area contributed by atoms with E-state index < -0.39 is 59.5 Å². The molecule has 11 heteroatoms. The maximum atomic E-state index is 14.7. The van der Waals surface area contributed by atoms with Gasteiger partial charge >= 0.3 is 6.18 Å². The summed E-state index contributed by atoms with van der Waals surface area (Å²) in [4.78, 5) is -0.161. The number of alkyl halides is 4. The molecule has 0 bridgehead atoms. The molecule has 4 atom stereocenters. The molecule has 0 N–H and O–H groups in total. The zero-order valence-electron chi connectivity index (χ0n) is 19.1. The lowest BCUT2D eigenvalue weighted by molar-refractivity contribution is -0.228. The number of hydrogen-bond acceptors (Lipinski definition) is 4. The lowest BCUT2D eigenvalue weighted by Gasteiger charge is -2.42. The van der Waals surface area contributed by atoms with E-state index in [1.165, 1.54) is 6.07 Å². The van der Waals surface area contributed by atoms with Crippen molar-refractivity contribution in [3.8, 4) is 0 Å². The summed E-state index contributed by atoms with van der Waals surface area (Å²) in [6.07, 6.45) is -3.36. The smallest absolute Gasteiger partial charge is 0.229 e. The van der Waals surface area contributed by atoms with Crippen LogP contribution in [0.3, 0.4) is 0 Å². The fourth-order valence-electron chi connectivity index (χ4n) is 5.84. The van der Waals surface area contributed by atoms with Gasteiger partial charge in [-0.15, -0.1) is 0 Å². The number of hydrogen-bond donors (Lipinski definition) is 0. The SMILES string of the molecule is CC(F)(c1ccc2c(c1)CC[C@H]1[C@H](CS(C)(=O)=O)CC[C@@]21S(=O)(=O)c1ccc(F)cc1)C(F)(F)F. The summed E-state index contributed by atoms with van der Waals surface area (Å²) >= 11 is 0. The first-order valence-electron chi connectivity index (χ1n) is 11.1. The molecule has 4 rings (SSSR count). The summed E-state index contributed by atoms with van der Waals surface area (Å²) in [6.45, 7) is 0.420. The molecule has 2 aromatic rings. The van der Waals surface area contributed by atoms with Crippen LogP contribution < -0.4 is 0 Å². The van der Waals surface area contributed by atoms with Crippen molar-refractivity contribution in [3.63, 3.8) is 0 Å². The number of fused-ring (bicyclic) bond motifs is 3. The first-order chi connectivity index (χ1) is 16.0. The van der Waals surface area contributed by atoms with Crippen molar-refractivity contribution in [2.24, 2.45) is 11.8 Å². The third-order valence-electron chi connectivity index (χ3n) is 7.54. The first kappa shape index (κ1) is 26.1. The normalized spacial score (nSPS) is 26.6. The number of aryl methyl sites for hydroxylation is 1. The van der Waals surface area contributed by atoms with Crippen LogP contribution in [0.25, 0.3) is 0 Å². The highest BCUT2D eigenvalue weighted by Crippen LogP contribution is 2.59. The predicted molar refractivity (Wildman–Crippen MR) is 120 cm³/mol. The van der Waals surface area contributed by atoms with E-state index in [9.17, 15) is 38.8 Å². The standard InChI is InChI=1S/C24H25F5O4S2/c1-22(26,24(27,28)29)17-4-10-20-15(13-17)3-9-21-16(14-34(2,30)31)11-12-23(20,21)35(32,33)19-7-5-18(25)6-8-19/h4-8,10,13,16,21H,3,9,11-12,14H2,1-2H3/t16-,21-,22?,23+/m0/s1. The Bertz CT molecular complexity index is 1350. The summed E-state index contributed by atoms with van der Waals surface area (Å²) in [6, 6.07) is 7.55. The molecule has 0 aliphatic heterocycles. The maximum Gasteiger partial charge on any atom is 0.426 e. The van der Waals surface area contributed by atoms with Crippen LogP contribution in [0.4, 0.5) is 22.0 Å². The topological polar surface area (TPSA) is 68.3 Å². The largest absolute Gasteiger partial charge is 0.426 e. The van der Waals surface area contributed by atoms with Crippen LogP contribution >= 0.6 is 0 Å². The lowest BCUT2D eigenvalue weighted by Crippen LogP contribution is -2.45. The third kappa shape index (κ3) is 4.18. The van der Waals surface area contributed by atoms with Crippen molar-refractivity contribution >= 4 is 19.7 Å². The van der Waals surface area contributed by atoms with E-state index in [4.69, 9.17) is 0 Å². The highest BCUT2D eigenvalue weighted by atomic mass is 32.2. The van der Waals surface area contributed by atoms with Crippen LogP contribution in [0.1, 0.15) is 42.9 Å². The van der Waals surface area contributed by atoms with Crippen LogP contribution in [0.15, 0.2) is 47.4 Å². The molecule has 35 heavy (non-hydrogen) atoms. The number of sulfone groups is 2. The quantitative estimate of drug-likeness (QED) is 0.386. The highest BCUT2D eigenvalue weighted by Gasteiger charge is 2.61. The predicted octanol–water partition coefficient (Wildman–Crippen LogP) is 5.26. The minimum absolute atomic E-state index is 0.0517. The summed E-state index contributed by atoms with van der Waals surface area (Å²) in [5, 5.41) is 0. The summed E-state index contributed by atoms with van der Waals surface area (Å²) < 4.78 is 119. The molecule has 0 spiro atoms. The Morgan fingerprint density at radius 1 is 0.971 bits per heavy atom. The van der Waals surface area contributed by atoms with E-state index in [2.05, 4.69) is 0 Å². The molecule has 2 aliphatic rings. The van der Waals surface area contributed by atoms with Crippen LogP contribution in [0.5, 0.6) is 0 Å². The van der Waals surface area contributed by atoms with Gasteiger partial charge in [0.25, 0.3) is 0 Å². The summed E-state index contributed by atoms with van der Waals surface area (Å²) in [5.74, 6) is -1.95. The molecule has 2 aromatic carbocycles. The van der Waals surface area contributed by atoms with Crippen LogP contribution in [-0.2, 0) is 36.5 Å². The monoisotopic (exact) mass is 536 g/mol. The van der Waals surface area contributed by atoms with Gasteiger partial charge in [-0.2, -0.15) is 13.2 Å². The van der Waals surface area contributed by atoms with Gasteiger partial charge in [0.15, 0.2) is 9.84 Å². The zero-order valence-corrected chi connectivity index (χ0v) is 20.7. The first-order valence-corrected chi connectivity index (χ1v) is 14.6. The molecule has 1 unspecified atom stereocenters. The average Bonchev–Trinajstić information content (AvgIpc) is 3.11. The van der Waals surface area contributed by atoms with Crippen molar-refractivity contribution in [3.05, 3.63) is 65.0 Å². The van der Waals surface area contributed by atoms with Gasteiger partial charge in [0.05, 0.1) is 10.6 Å². The lowest BCUT2D eigenvalue weighted by atomic mass is 9.73. The summed E-state index contributed by atoms with van der Waals surface area (Å²) in [5.41, 5.74) is -3.70. The van der Waals surface area contributed by atoms with E-state index in [1.54, 1.807) is 0 Å². The average molecular weight is 537 g/mol. The number of benzene rings is 2. The van der Waals surface area contributed by atoms with Gasteiger partial charge in [-0.3, -0.25) is 0 Å². The molecule has 1 fully saturated rings. The van der Waals surface area contributed by atoms with Gasteiger partial charge in [0, 0.05) is 6.26 Å². The van der Waals surface area contributed by atoms with Crippen molar-refractivity contribution in [1.29, 1.82) is 0 Å². The second kappa shape index (κ2) is 8.26. The van der Waals surface area contributed by atoms with E-state index in [0.717, 1.165) is 42.7 Å². The van der Waals surface area contributed by atoms with Gasteiger partial charge in [-0.25, -0.2) is 25.6 Å². The minimum Gasteiger partial charge on any atom is -0.229 e. The summed E-state index contributed by atoms with van der Waals surface area (Å²) in [7, 11) is -7.67. The molecule has 1 saturated carbocycles. The van der Waals surface area contributed by atoms with E-state index in [-0.39, 0.29) is 47.5 Å². The molecule has 2 aliphatic carbocycles. The minimum atomic E-state index is -5.16. The molecular weight excluding hydrogens is 511 g/mol. The van der Waals surface area contributed by atoms with Crippen molar-refractivity contribution in [1.82, 2.24) is 0 Å². The van der Waals surface area contributed by atoms with Gasteiger partial charge in [0.1, 0.15) is 20.4 Å². The third-order valence-corrected chi connectivity index (χ3v) is 11.1. The van der Waals surface area contributed by atoms with E-state index >= 15 is 0 Å². The Labute approximate surface area is 201 Å². The van der Waals surface area contributed by atoms with E-state index in [0.29, 0.717) is 6.92 Å². The zero-order chi connectivity index (χ0) is 26.0. The Hall–Kier alpha value is -2.01. The second-order valence-electron chi connectivity index (χ2n) is 9.76. The Balaban J connectivity index is 1.92. The van der Waals surface area contributed by atoms with Crippen LogP contribution in [-0.4, -0.2) is 35.0 Å². The van der Waals surface area contributed by atoms with Crippen molar-refractivity contribution < 1.29 is 38.8 Å². The van der Waals surface area contributed by atoms with E-state index in [1.807, 2.05) is 0 Å². The Morgan fingerprint density at radius 3 is 2.17 bits per heavy atom. The van der Waals surface area contributed by atoms with Crippen molar-refractivity contribution in [2.75, 3.05) is 12.0 Å². The Kier molecular flexibility index (Phi) is 6.15. The van der Waals surface area contributed by atoms with Gasteiger partial charge in [-0.05, 0) is 85.4 Å². The van der Waals surface area contributed by atoms with Crippen LogP contribution in [0.2, 0.25) is 0 Å².